The minimum absolute atomic E-state index is 0.701. The average molecular weight is 687 g/mol. The lowest BCUT2D eigenvalue weighted by atomic mass is 9.91. The smallest absolute Gasteiger partial charge is 0.161 e. The summed E-state index contributed by atoms with van der Waals surface area (Å²) in [5.41, 5.74) is 11.7. The highest BCUT2D eigenvalue weighted by Crippen LogP contribution is 2.42. The number of aromatic nitrogens is 2. The maximum atomic E-state index is 5.59. The van der Waals surface area contributed by atoms with Gasteiger partial charge in [0.25, 0.3) is 0 Å². The number of nitrogens with zero attached hydrogens (tertiary/aromatic N) is 2. The summed E-state index contributed by atoms with van der Waals surface area (Å²) in [4.78, 5) is 11.1. The molecule has 0 aliphatic carbocycles. The maximum Gasteiger partial charge on any atom is 0.161 e. The normalized spacial score (nSPS) is 11.3. The fourth-order valence-corrected chi connectivity index (χ4v) is 7.91. The van der Waals surface area contributed by atoms with Crippen molar-refractivity contribution in [3.63, 3.8) is 0 Å². The van der Waals surface area contributed by atoms with E-state index in [4.69, 9.17) is 9.97 Å². The highest BCUT2D eigenvalue weighted by molar-refractivity contribution is 6.19. The van der Waals surface area contributed by atoms with Gasteiger partial charge in [-0.2, -0.15) is 0 Å². The van der Waals surface area contributed by atoms with E-state index in [1.165, 1.54) is 16.2 Å². The molecule has 0 N–H and O–H groups in total. The Morgan fingerprint density at radius 2 is 0.796 bits per heavy atom. The standard InChI is InChI=1S/C52H34N2/c1-4-16-35(17-5-1)39-29-30-43(37-20-8-3-9-21-37)48(32-39)50-34-49(45-27-15-14-24-41(45)36-18-6-2-7-19-36)53-52(54-50)51-44-26-13-11-23-40(44)33-47-42-25-12-10-22-38(42)28-31-46(47)51/h1-34H. The third kappa shape index (κ3) is 5.62. The molecule has 0 saturated carbocycles. The monoisotopic (exact) mass is 686 g/mol. The molecule has 0 saturated heterocycles. The molecule has 9 aromatic carbocycles. The van der Waals surface area contributed by atoms with Crippen molar-refractivity contribution in [2.24, 2.45) is 0 Å². The Balaban J connectivity index is 1.32. The van der Waals surface area contributed by atoms with E-state index in [1.807, 2.05) is 0 Å². The van der Waals surface area contributed by atoms with Crippen molar-refractivity contribution in [3.05, 3.63) is 206 Å². The van der Waals surface area contributed by atoms with Crippen LogP contribution in [0.25, 0.3) is 99.6 Å². The van der Waals surface area contributed by atoms with Crippen molar-refractivity contribution in [2.45, 2.75) is 0 Å². The van der Waals surface area contributed by atoms with Crippen LogP contribution in [-0.4, -0.2) is 9.97 Å². The molecule has 10 rings (SSSR count). The van der Waals surface area contributed by atoms with E-state index in [-0.39, 0.29) is 0 Å². The van der Waals surface area contributed by atoms with Crippen LogP contribution in [0.15, 0.2) is 206 Å². The fourth-order valence-electron chi connectivity index (χ4n) is 7.91. The van der Waals surface area contributed by atoms with Crippen molar-refractivity contribution >= 4 is 32.3 Å². The number of hydrogen-bond donors (Lipinski definition) is 0. The summed E-state index contributed by atoms with van der Waals surface area (Å²) in [7, 11) is 0. The van der Waals surface area contributed by atoms with Gasteiger partial charge in [-0.1, -0.05) is 188 Å². The first-order valence-corrected chi connectivity index (χ1v) is 18.4. The van der Waals surface area contributed by atoms with E-state index in [0.29, 0.717) is 5.82 Å². The predicted octanol–water partition coefficient (Wildman–Crippen LogP) is 13.9. The SMILES string of the molecule is c1ccc(-c2ccc(-c3ccccc3)c(-c3cc(-c4ccccc4-c4ccccc4)nc(-c4c5ccccc5cc5c4ccc4ccccc45)n3)c2)cc1. The molecule has 0 unspecified atom stereocenters. The first-order chi connectivity index (χ1) is 26.8. The molecule has 0 atom stereocenters. The first kappa shape index (κ1) is 31.6. The first-order valence-electron chi connectivity index (χ1n) is 18.4. The summed E-state index contributed by atoms with van der Waals surface area (Å²) in [6.45, 7) is 0. The van der Waals surface area contributed by atoms with Crippen molar-refractivity contribution in [2.75, 3.05) is 0 Å². The molecule has 10 aromatic rings. The van der Waals surface area contributed by atoms with E-state index in [2.05, 4.69) is 206 Å². The Bertz CT molecular complexity index is 2970. The number of rotatable bonds is 6. The lowest BCUT2D eigenvalue weighted by Gasteiger charge is -2.18. The number of fused-ring (bicyclic) bond motifs is 4. The number of benzene rings is 9. The van der Waals surface area contributed by atoms with Gasteiger partial charge in [0.1, 0.15) is 0 Å². The molecule has 0 radical (unpaired) electrons. The molecule has 0 spiro atoms. The second kappa shape index (κ2) is 13.4. The average Bonchev–Trinajstić information content (AvgIpc) is 3.26. The van der Waals surface area contributed by atoms with Crippen LogP contribution in [0, 0.1) is 0 Å². The van der Waals surface area contributed by atoms with Gasteiger partial charge in [-0.15, -0.1) is 0 Å². The minimum Gasteiger partial charge on any atom is -0.228 e. The Morgan fingerprint density at radius 3 is 1.50 bits per heavy atom. The fraction of sp³-hybridized carbons (Fsp3) is 0. The lowest BCUT2D eigenvalue weighted by molar-refractivity contribution is 1.19. The van der Waals surface area contributed by atoms with Crippen LogP contribution < -0.4 is 0 Å². The predicted molar refractivity (Wildman–Crippen MR) is 227 cm³/mol. The molecule has 54 heavy (non-hydrogen) atoms. The van der Waals surface area contributed by atoms with Crippen LogP contribution in [0.5, 0.6) is 0 Å². The van der Waals surface area contributed by atoms with Gasteiger partial charge in [0.15, 0.2) is 5.82 Å². The molecule has 0 aliphatic rings. The van der Waals surface area contributed by atoms with Crippen LogP contribution in [0.1, 0.15) is 0 Å². The van der Waals surface area contributed by atoms with Crippen LogP contribution in [0.2, 0.25) is 0 Å². The van der Waals surface area contributed by atoms with Crippen LogP contribution in [0.3, 0.4) is 0 Å². The Hall–Kier alpha value is -7.16. The summed E-state index contributed by atoms with van der Waals surface area (Å²) in [5, 5.41) is 7.04. The molecule has 0 amide bonds. The lowest BCUT2D eigenvalue weighted by Crippen LogP contribution is -1.99. The molecule has 2 heteroatoms. The summed E-state index contributed by atoms with van der Waals surface area (Å²) in [5.74, 6) is 0.701. The van der Waals surface area contributed by atoms with Crippen LogP contribution in [0.4, 0.5) is 0 Å². The molecular weight excluding hydrogens is 653 g/mol. The zero-order valence-electron chi connectivity index (χ0n) is 29.5. The molecular formula is C52H34N2. The molecule has 0 bridgehead atoms. The molecule has 1 aromatic heterocycles. The van der Waals surface area contributed by atoms with E-state index in [1.54, 1.807) is 0 Å². The van der Waals surface area contributed by atoms with E-state index in [0.717, 1.165) is 77.6 Å². The number of hydrogen-bond acceptors (Lipinski definition) is 2. The third-order valence-corrected chi connectivity index (χ3v) is 10.5. The highest BCUT2D eigenvalue weighted by atomic mass is 14.9. The highest BCUT2D eigenvalue weighted by Gasteiger charge is 2.20. The Labute approximate surface area is 314 Å². The zero-order chi connectivity index (χ0) is 35.8. The van der Waals surface area contributed by atoms with Gasteiger partial charge in [-0.05, 0) is 83.9 Å². The summed E-state index contributed by atoms with van der Waals surface area (Å²) < 4.78 is 0. The minimum atomic E-state index is 0.701. The van der Waals surface area contributed by atoms with Crippen molar-refractivity contribution in [1.29, 1.82) is 0 Å². The van der Waals surface area contributed by atoms with Crippen molar-refractivity contribution in [1.82, 2.24) is 9.97 Å². The van der Waals surface area contributed by atoms with Gasteiger partial charge in [-0.3, -0.25) is 0 Å². The van der Waals surface area contributed by atoms with E-state index in [9.17, 15) is 0 Å². The quantitative estimate of drug-likeness (QED) is 0.129. The topological polar surface area (TPSA) is 25.8 Å². The molecule has 1 heterocycles. The van der Waals surface area contributed by atoms with Crippen LogP contribution in [-0.2, 0) is 0 Å². The third-order valence-electron chi connectivity index (χ3n) is 10.5. The molecule has 0 aliphatic heterocycles. The molecule has 2 nitrogen and oxygen atoms in total. The summed E-state index contributed by atoms with van der Waals surface area (Å²) in [6.07, 6.45) is 0. The zero-order valence-corrected chi connectivity index (χ0v) is 29.5. The van der Waals surface area contributed by atoms with Gasteiger partial charge in [0.05, 0.1) is 11.4 Å². The molecule has 0 fully saturated rings. The van der Waals surface area contributed by atoms with Gasteiger partial charge >= 0.3 is 0 Å². The Morgan fingerprint density at radius 1 is 0.259 bits per heavy atom. The molecule has 252 valence electrons. The Kier molecular flexibility index (Phi) is 7.85. The van der Waals surface area contributed by atoms with Crippen LogP contribution >= 0.6 is 0 Å². The van der Waals surface area contributed by atoms with Crippen molar-refractivity contribution in [3.8, 4) is 67.3 Å². The van der Waals surface area contributed by atoms with Gasteiger partial charge < -0.3 is 0 Å². The summed E-state index contributed by atoms with van der Waals surface area (Å²) >= 11 is 0. The largest absolute Gasteiger partial charge is 0.228 e. The second-order valence-electron chi connectivity index (χ2n) is 13.7. The van der Waals surface area contributed by atoms with Gasteiger partial charge in [0.2, 0.25) is 0 Å². The van der Waals surface area contributed by atoms with E-state index >= 15 is 0 Å². The maximum absolute atomic E-state index is 5.59. The van der Waals surface area contributed by atoms with Gasteiger partial charge in [0, 0.05) is 16.7 Å². The second-order valence-corrected chi connectivity index (χ2v) is 13.7. The van der Waals surface area contributed by atoms with E-state index < -0.39 is 0 Å². The van der Waals surface area contributed by atoms with Gasteiger partial charge in [-0.25, -0.2) is 9.97 Å². The summed E-state index contributed by atoms with van der Waals surface area (Å²) in [6, 6.07) is 73.4. The van der Waals surface area contributed by atoms with Crippen molar-refractivity contribution < 1.29 is 0 Å².